The zero-order valence-electron chi connectivity index (χ0n) is 11.1. The van der Waals surface area contributed by atoms with Gasteiger partial charge >= 0.3 is 0 Å². The van der Waals surface area contributed by atoms with E-state index < -0.39 is 18.0 Å². The molecule has 0 saturated carbocycles. The fourth-order valence-electron chi connectivity index (χ4n) is 2.13. The summed E-state index contributed by atoms with van der Waals surface area (Å²) in [4.78, 5) is 0. The molecule has 0 saturated heterocycles. The van der Waals surface area contributed by atoms with E-state index >= 15 is 0 Å². The molecule has 2 unspecified atom stereocenters. The highest BCUT2D eigenvalue weighted by Crippen LogP contribution is 2.30. The van der Waals surface area contributed by atoms with Crippen molar-refractivity contribution in [1.82, 2.24) is 0 Å². The molecule has 0 aliphatic carbocycles. The van der Waals surface area contributed by atoms with Crippen LogP contribution < -0.4 is 4.74 Å². The average Bonchev–Trinajstić information content (AvgIpc) is 2.39. The Morgan fingerprint density at radius 1 is 1.22 bits per heavy atom. The van der Waals surface area contributed by atoms with Crippen LogP contribution >= 0.6 is 0 Å². The van der Waals surface area contributed by atoms with Crippen LogP contribution in [0, 0.1) is 11.7 Å². The summed E-state index contributed by atoms with van der Waals surface area (Å²) in [5.74, 6) is -0.591. The fourth-order valence-corrected chi connectivity index (χ4v) is 2.13. The maximum atomic E-state index is 14.0. The fraction of sp³-hybridized carbons (Fsp3) is 0.571. The zero-order chi connectivity index (χ0) is 13.7. The number of ether oxygens (including phenoxy) is 1. The zero-order valence-corrected chi connectivity index (χ0v) is 11.1. The van der Waals surface area contributed by atoms with Crippen LogP contribution in [0.1, 0.15) is 38.4 Å². The molecule has 0 heterocycles. The molecule has 0 aliphatic heterocycles. The summed E-state index contributed by atoms with van der Waals surface area (Å²) in [7, 11) is 1.37. The minimum Gasteiger partial charge on any atom is -0.494 e. The smallest absolute Gasteiger partial charge is 0.170 e. The van der Waals surface area contributed by atoms with Crippen molar-refractivity contribution in [1.29, 1.82) is 0 Å². The first kappa shape index (κ1) is 14.9. The Labute approximate surface area is 107 Å². The molecule has 1 aromatic rings. The summed E-state index contributed by atoms with van der Waals surface area (Å²) >= 11 is 0. The average molecular weight is 256 g/mol. The monoisotopic (exact) mass is 256 g/mol. The van der Waals surface area contributed by atoms with E-state index in [9.17, 15) is 14.6 Å². The van der Waals surface area contributed by atoms with Crippen molar-refractivity contribution in [2.24, 2.45) is 5.92 Å². The molecular formula is C14H21FO3. The minimum atomic E-state index is -1.23. The van der Waals surface area contributed by atoms with Crippen molar-refractivity contribution in [2.75, 3.05) is 7.11 Å². The first-order valence-electron chi connectivity index (χ1n) is 6.25. The Morgan fingerprint density at radius 3 is 2.33 bits per heavy atom. The van der Waals surface area contributed by atoms with Crippen LogP contribution in [0.2, 0.25) is 0 Å². The molecule has 0 aliphatic rings. The van der Waals surface area contributed by atoms with Gasteiger partial charge in [0.05, 0.1) is 13.2 Å². The summed E-state index contributed by atoms with van der Waals surface area (Å²) < 4.78 is 18.8. The highest BCUT2D eigenvalue weighted by molar-refractivity contribution is 5.32. The molecule has 0 radical (unpaired) electrons. The molecule has 102 valence electrons. The number of aliphatic hydroxyl groups is 2. The van der Waals surface area contributed by atoms with E-state index in [2.05, 4.69) is 0 Å². The number of halogens is 1. The van der Waals surface area contributed by atoms with Crippen molar-refractivity contribution in [3.05, 3.63) is 29.6 Å². The first-order valence-corrected chi connectivity index (χ1v) is 6.25. The lowest BCUT2D eigenvalue weighted by Crippen LogP contribution is -2.27. The van der Waals surface area contributed by atoms with Crippen LogP contribution in [-0.4, -0.2) is 23.4 Å². The SMILES string of the molecule is CCC(CC)C(O)C(O)c1cccc(OC)c1F. The standard InChI is InChI=1S/C14H21FO3/c1-4-9(5-2)13(16)14(17)10-7-6-8-11(18-3)12(10)15/h6-9,13-14,16-17H,4-5H2,1-3H3. The second kappa shape index (κ2) is 6.71. The van der Waals surface area contributed by atoms with Crippen LogP contribution in [-0.2, 0) is 0 Å². The predicted octanol–water partition coefficient (Wildman–Crippen LogP) is 2.66. The second-order valence-electron chi connectivity index (χ2n) is 4.38. The maximum absolute atomic E-state index is 14.0. The second-order valence-corrected chi connectivity index (χ2v) is 4.38. The van der Waals surface area contributed by atoms with Crippen molar-refractivity contribution in [3.63, 3.8) is 0 Å². The third-order valence-corrected chi connectivity index (χ3v) is 3.39. The van der Waals surface area contributed by atoms with Crippen molar-refractivity contribution in [3.8, 4) is 5.75 Å². The predicted molar refractivity (Wildman–Crippen MR) is 68.0 cm³/mol. The molecule has 2 N–H and O–H groups in total. The molecular weight excluding hydrogens is 235 g/mol. The van der Waals surface area contributed by atoms with Gasteiger partial charge in [-0.05, 0) is 12.0 Å². The van der Waals surface area contributed by atoms with Crippen molar-refractivity contribution in [2.45, 2.75) is 38.9 Å². The van der Waals surface area contributed by atoms with Gasteiger partial charge in [0.25, 0.3) is 0 Å². The van der Waals surface area contributed by atoms with Crippen LogP contribution in [0.5, 0.6) is 5.75 Å². The van der Waals surface area contributed by atoms with Crippen LogP contribution in [0.3, 0.4) is 0 Å². The number of rotatable bonds is 6. The lowest BCUT2D eigenvalue weighted by atomic mass is 9.89. The summed E-state index contributed by atoms with van der Waals surface area (Å²) in [6, 6.07) is 4.54. The quantitative estimate of drug-likeness (QED) is 0.822. The van der Waals surface area contributed by atoms with Gasteiger partial charge in [-0.3, -0.25) is 0 Å². The van der Waals surface area contributed by atoms with E-state index in [4.69, 9.17) is 4.74 Å². The van der Waals surface area contributed by atoms with Gasteiger partial charge in [0.1, 0.15) is 6.10 Å². The molecule has 1 rings (SSSR count). The highest BCUT2D eigenvalue weighted by Gasteiger charge is 2.28. The van der Waals surface area contributed by atoms with Gasteiger partial charge in [-0.2, -0.15) is 0 Å². The van der Waals surface area contributed by atoms with Crippen molar-refractivity contribution < 1.29 is 19.3 Å². The Morgan fingerprint density at radius 2 is 1.83 bits per heavy atom. The van der Waals surface area contributed by atoms with Gasteiger partial charge in [0, 0.05) is 5.56 Å². The van der Waals surface area contributed by atoms with Crippen LogP contribution in [0.25, 0.3) is 0 Å². The van der Waals surface area contributed by atoms with E-state index in [-0.39, 0.29) is 17.2 Å². The largest absolute Gasteiger partial charge is 0.494 e. The van der Waals surface area contributed by atoms with Crippen molar-refractivity contribution >= 4 is 0 Å². The minimum absolute atomic E-state index is 0.0504. The summed E-state index contributed by atoms with van der Waals surface area (Å²) in [6.45, 7) is 3.87. The topological polar surface area (TPSA) is 49.7 Å². The molecule has 0 fully saturated rings. The lowest BCUT2D eigenvalue weighted by molar-refractivity contribution is -0.0227. The molecule has 0 spiro atoms. The molecule has 0 amide bonds. The third kappa shape index (κ3) is 3.00. The number of benzene rings is 1. The Hall–Kier alpha value is -1.13. The number of methoxy groups -OCH3 is 1. The molecule has 18 heavy (non-hydrogen) atoms. The lowest BCUT2D eigenvalue weighted by Gasteiger charge is -2.25. The highest BCUT2D eigenvalue weighted by atomic mass is 19.1. The van der Waals surface area contributed by atoms with E-state index in [1.807, 2.05) is 13.8 Å². The van der Waals surface area contributed by atoms with E-state index in [0.717, 1.165) is 12.8 Å². The summed E-state index contributed by atoms with van der Waals surface area (Å²) in [5.41, 5.74) is 0.0775. The number of hydrogen-bond acceptors (Lipinski definition) is 3. The maximum Gasteiger partial charge on any atom is 0.170 e. The summed E-state index contributed by atoms with van der Waals surface area (Å²) in [5, 5.41) is 20.1. The Balaban J connectivity index is 2.99. The third-order valence-electron chi connectivity index (χ3n) is 3.39. The molecule has 3 nitrogen and oxygen atoms in total. The Kier molecular flexibility index (Phi) is 5.56. The first-order chi connectivity index (χ1) is 8.56. The van der Waals surface area contributed by atoms with E-state index in [1.165, 1.54) is 19.2 Å². The van der Waals surface area contributed by atoms with Gasteiger partial charge in [-0.15, -0.1) is 0 Å². The molecule has 0 aromatic heterocycles. The molecule has 4 heteroatoms. The van der Waals surface area contributed by atoms with Gasteiger partial charge in [-0.1, -0.05) is 38.8 Å². The van der Waals surface area contributed by atoms with E-state index in [1.54, 1.807) is 6.07 Å². The van der Waals surface area contributed by atoms with Gasteiger partial charge in [-0.25, -0.2) is 4.39 Å². The van der Waals surface area contributed by atoms with Crippen LogP contribution in [0.4, 0.5) is 4.39 Å². The van der Waals surface area contributed by atoms with E-state index in [0.29, 0.717) is 0 Å². The van der Waals surface area contributed by atoms with Gasteiger partial charge in [0.15, 0.2) is 11.6 Å². The normalized spacial score (nSPS) is 14.6. The number of hydrogen-bond donors (Lipinski definition) is 2. The van der Waals surface area contributed by atoms with Gasteiger partial charge in [0.2, 0.25) is 0 Å². The van der Waals surface area contributed by atoms with Gasteiger partial charge < -0.3 is 14.9 Å². The number of aliphatic hydroxyl groups excluding tert-OH is 2. The molecule has 2 atom stereocenters. The van der Waals surface area contributed by atoms with Crippen LogP contribution in [0.15, 0.2) is 18.2 Å². The molecule has 1 aromatic carbocycles. The molecule has 0 bridgehead atoms. The Bertz CT molecular complexity index is 377. The summed E-state index contributed by atoms with van der Waals surface area (Å²) in [6.07, 6.45) is -0.729.